The molecule has 0 aliphatic carbocycles. The van der Waals surface area contributed by atoms with Gasteiger partial charge >= 0.3 is 18.2 Å². The van der Waals surface area contributed by atoms with Crippen molar-refractivity contribution >= 4 is 24.1 Å². The van der Waals surface area contributed by atoms with Crippen LogP contribution in [0, 0.1) is 0 Å². The van der Waals surface area contributed by atoms with Crippen molar-refractivity contribution < 1.29 is 33.5 Å². The van der Waals surface area contributed by atoms with E-state index in [0.29, 0.717) is 45.3 Å². The normalized spacial score (nSPS) is 17.3. The first kappa shape index (κ1) is 22.4. The van der Waals surface area contributed by atoms with Gasteiger partial charge < -0.3 is 24.5 Å². The third-order valence-corrected chi connectivity index (χ3v) is 5.25. The van der Waals surface area contributed by atoms with Gasteiger partial charge in [0.1, 0.15) is 18.8 Å². The van der Waals surface area contributed by atoms with Crippen LogP contribution in [-0.4, -0.2) is 65.8 Å². The molecule has 0 atom stereocenters. The number of nitrogens with one attached hydrogen (secondary N) is 1. The summed E-state index contributed by atoms with van der Waals surface area (Å²) < 4.78 is 10.5. The molecule has 0 saturated carbocycles. The first-order chi connectivity index (χ1) is 14.9. The van der Waals surface area contributed by atoms with Crippen molar-refractivity contribution in [3.05, 3.63) is 35.9 Å². The molecule has 0 aromatic heterocycles. The Morgan fingerprint density at radius 2 is 1.87 bits per heavy atom. The molecule has 2 fully saturated rings. The summed E-state index contributed by atoms with van der Waals surface area (Å²) in [6, 6.07) is 9.37. The first-order valence-corrected chi connectivity index (χ1v) is 10.3. The topological polar surface area (TPSA) is 114 Å². The van der Waals surface area contributed by atoms with Crippen molar-refractivity contribution in [2.45, 2.75) is 44.8 Å². The lowest BCUT2D eigenvalue weighted by molar-refractivity contribution is -0.172. The Morgan fingerprint density at radius 3 is 2.55 bits per heavy atom. The molecule has 2 saturated heterocycles. The fourth-order valence-corrected chi connectivity index (χ4v) is 3.61. The highest BCUT2D eigenvalue weighted by Crippen LogP contribution is 2.33. The molecule has 31 heavy (non-hydrogen) atoms. The lowest BCUT2D eigenvalue weighted by Gasteiger charge is -2.37. The summed E-state index contributed by atoms with van der Waals surface area (Å²) in [5.41, 5.74) is 0.174. The van der Waals surface area contributed by atoms with E-state index in [1.165, 1.54) is 6.92 Å². The maximum absolute atomic E-state index is 12.4. The van der Waals surface area contributed by atoms with E-state index in [2.05, 4.69) is 5.32 Å². The van der Waals surface area contributed by atoms with E-state index >= 15 is 0 Å². The maximum Gasteiger partial charge on any atom is 0.444 e. The number of ether oxygens (including phenoxy) is 2. The molecule has 0 unspecified atom stereocenters. The molecule has 10 heteroatoms. The van der Waals surface area contributed by atoms with Gasteiger partial charge in [-0.2, -0.15) is 0 Å². The molecule has 10 nitrogen and oxygen atoms in total. The summed E-state index contributed by atoms with van der Waals surface area (Å²) in [7, 11) is 0. The third kappa shape index (κ3) is 6.34. The summed E-state index contributed by atoms with van der Waals surface area (Å²) in [6.07, 6.45) is 0.553. The number of benzene rings is 1. The Hall–Kier alpha value is -3.30. The van der Waals surface area contributed by atoms with Gasteiger partial charge in [0.05, 0.1) is 0 Å². The fraction of sp³-hybridized carbons (Fsp3) is 0.524. The van der Waals surface area contributed by atoms with Crippen LogP contribution in [0.4, 0.5) is 9.59 Å². The van der Waals surface area contributed by atoms with Crippen LogP contribution in [0.3, 0.4) is 0 Å². The van der Waals surface area contributed by atoms with Crippen molar-refractivity contribution in [2.75, 3.05) is 26.2 Å². The number of carbonyl (C=O) groups excluding carboxylic acids is 4. The predicted molar refractivity (Wildman–Crippen MR) is 107 cm³/mol. The molecular weight excluding hydrogens is 406 g/mol. The average Bonchev–Trinajstić information content (AvgIpc) is 3.04. The van der Waals surface area contributed by atoms with Crippen LogP contribution in [0.2, 0.25) is 0 Å². The van der Waals surface area contributed by atoms with Crippen LogP contribution in [0.1, 0.15) is 38.2 Å². The minimum absolute atomic E-state index is 0.0181. The number of amides is 3. The molecule has 1 spiro atoms. The Labute approximate surface area is 180 Å². The van der Waals surface area contributed by atoms with Crippen LogP contribution in [0.25, 0.3) is 0 Å². The Morgan fingerprint density at radius 1 is 1.16 bits per heavy atom. The molecule has 2 heterocycles. The molecule has 0 radical (unpaired) electrons. The van der Waals surface area contributed by atoms with Crippen molar-refractivity contribution in [1.82, 2.24) is 15.3 Å². The molecular formula is C21H27N3O7. The van der Waals surface area contributed by atoms with Gasteiger partial charge in [0.15, 0.2) is 0 Å². The summed E-state index contributed by atoms with van der Waals surface area (Å²) in [5, 5.41) is 3.57. The second kappa shape index (κ2) is 10.1. The van der Waals surface area contributed by atoms with Gasteiger partial charge in [-0.05, 0) is 12.0 Å². The number of carbonyl (C=O) groups is 4. The second-order valence-electron chi connectivity index (χ2n) is 7.64. The molecule has 2 aliphatic heterocycles. The number of likely N-dealkylation sites (tertiary alicyclic amines) is 1. The van der Waals surface area contributed by atoms with Crippen molar-refractivity contribution in [3.8, 4) is 0 Å². The fourth-order valence-electron chi connectivity index (χ4n) is 3.61. The van der Waals surface area contributed by atoms with Gasteiger partial charge in [-0.3, -0.25) is 9.59 Å². The third-order valence-electron chi connectivity index (χ3n) is 5.25. The number of rotatable bonds is 7. The monoisotopic (exact) mass is 433 g/mol. The number of hydrogen-bond donors (Lipinski definition) is 1. The van der Waals surface area contributed by atoms with E-state index in [4.69, 9.17) is 14.3 Å². The Kier molecular flexibility index (Phi) is 7.32. The Balaban J connectivity index is 1.31. The number of nitrogens with zero attached hydrogens (tertiary/aromatic N) is 2. The molecule has 168 valence electrons. The summed E-state index contributed by atoms with van der Waals surface area (Å²) in [6.45, 7) is 2.83. The zero-order chi connectivity index (χ0) is 22.3. The molecule has 0 bridgehead atoms. The molecule has 3 amide bonds. The lowest BCUT2D eigenvalue weighted by atomic mass is 9.91. The number of hydrogen-bond acceptors (Lipinski definition) is 7. The number of piperidine rings is 1. The van der Waals surface area contributed by atoms with Crippen molar-refractivity contribution in [3.63, 3.8) is 0 Å². The highest BCUT2D eigenvalue weighted by molar-refractivity contribution is 5.77. The van der Waals surface area contributed by atoms with Crippen LogP contribution >= 0.6 is 0 Å². The molecule has 2 aliphatic rings. The smallest absolute Gasteiger partial charge is 0.444 e. The molecule has 1 aromatic rings. The minimum atomic E-state index is -0.729. The molecule has 3 rings (SSSR count). The summed E-state index contributed by atoms with van der Waals surface area (Å²) in [5.74, 6) is -0.602. The molecule has 1 aromatic carbocycles. The number of hydroxylamine groups is 2. The minimum Gasteiger partial charge on any atom is -0.445 e. The zero-order valence-electron chi connectivity index (χ0n) is 17.5. The van der Waals surface area contributed by atoms with Crippen LogP contribution in [-0.2, 0) is 30.5 Å². The van der Waals surface area contributed by atoms with Gasteiger partial charge in [0, 0.05) is 45.8 Å². The second-order valence-corrected chi connectivity index (χ2v) is 7.64. The highest BCUT2D eigenvalue weighted by Gasteiger charge is 2.49. The SMILES string of the molecule is CC(=O)ON1CC2(CCN(C(=O)CCCNC(=O)OCc3ccccc3)CC2)OC1=O. The average molecular weight is 433 g/mol. The number of alkyl carbamates (subject to hydrolysis) is 1. The van der Waals surface area contributed by atoms with E-state index in [1.54, 1.807) is 4.90 Å². The van der Waals surface area contributed by atoms with Crippen LogP contribution in [0.15, 0.2) is 30.3 Å². The standard InChI is InChI=1S/C21H27N3O7/c1-16(25)31-24-15-21(30-20(24)28)9-12-23(13-10-21)18(26)8-5-11-22-19(27)29-14-17-6-3-2-4-7-17/h2-4,6-7H,5,8-15H2,1H3,(H,22,27). The van der Waals surface area contributed by atoms with E-state index in [9.17, 15) is 19.2 Å². The van der Waals surface area contributed by atoms with E-state index in [0.717, 1.165) is 10.6 Å². The van der Waals surface area contributed by atoms with Gasteiger partial charge in [-0.1, -0.05) is 30.3 Å². The quantitative estimate of drug-likeness (QED) is 0.654. The summed E-state index contributed by atoms with van der Waals surface area (Å²) in [4.78, 5) is 53.6. The van der Waals surface area contributed by atoms with E-state index in [1.807, 2.05) is 30.3 Å². The molecule has 1 N–H and O–H groups in total. The maximum atomic E-state index is 12.4. The van der Waals surface area contributed by atoms with Gasteiger partial charge in [-0.15, -0.1) is 5.06 Å². The highest BCUT2D eigenvalue weighted by atomic mass is 16.8. The van der Waals surface area contributed by atoms with Crippen LogP contribution < -0.4 is 5.32 Å². The summed E-state index contributed by atoms with van der Waals surface area (Å²) >= 11 is 0. The first-order valence-electron chi connectivity index (χ1n) is 10.3. The van der Waals surface area contributed by atoms with Gasteiger partial charge in [0.2, 0.25) is 5.91 Å². The van der Waals surface area contributed by atoms with E-state index in [-0.39, 0.29) is 19.1 Å². The van der Waals surface area contributed by atoms with Crippen molar-refractivity contribution in [1.29, 1.82) is 0 Å². The lowest BCUT2D eigenvalue weighted by Crippen LogP contribution is -2.48. The largest absolute Gasteiger partial charge is 0.445 e. The van der Waals surface area contributed by atoms with Gasteiger partial charge in [0.25, 0.3) is 0 Å². The van der Waals surface area contributed by atoms with Crippen LogP contribution in [0.5, 0.6) is 0 Å². The van der Waals surface area contributed by atoms with E-state index < -0.39 is 23.8 Å². The predicted octanol–water partition coefficient (Wildman–Crippen LogP) is 1.98. The van der Waals surface area contributed by atoms with Gasteiger partial charge in [-0.25, -0.2) is 9.59 Å². The Bertz CT molecular complexity index is 806. The zero-order valence-corrected chi connectivity index (χ0v) is 17.5. The van der Waals surface area contributed by atoms with Crippen molar-refractivity contribution in [2.24, 2.45) is 0 Å².